The highest BCUT2D eigenvalue weighted by atomic mass is 32.1. The van der Waals surface area contributed by atoms with Gasteiger partial charge in [-0.2, -0.15) is 0 Å². The van der Waals surface area contributed by atoms with Crippen LogP contribution in [0.5, 0.6) is 0 Å². The molecule has 5 aromatic rings. The van der Waals surface area contributed by atoms with Crippen LogP contribution in [0.15, 0.2) is 83.5 Å². The number of nitrogens with one attached hydrogen (secondary N) is 1. The zero-order chi connectivity index (χ0) is 46.7. The number of hydrogen-bond acceptors (Lipinski definition) is 3. The molecule has 64 heavy (non-hydrogen) atoms. The first-order valence-electron chi connectivity index (χ1n) is 24.4. The number of fused-ring (bicyclic) bond motifs is 5. The quantitative estimate of drug-likeness (QED) is 0.171. The molecular weight excluding hydrogens is 792 g/mol. The molecule has 336 valence electrons. The van der Waals surface area contributed by atoms with E-state index in [1.165, 1.54) is 94.5 Å². The maximum Gasteiger partial charge on any atom is 0.257 e. The summed E-state index contributed by atoms with van der Waals surface area (Å²) in [4.78, 5) is 2.70. The molecule has 1 atom stereocenters. The fraction of sp³-hybridized carbons (Fsp3) is 0.500. The third kappa shape index (κ3) is 8.09. The van der Waals surface area contributed by atoms with Crippen molar-refractivity contribution >= 4 is 55.4 Å². The van der Waals surface area contributed by atoms with Crippen molar-refractivity contribution in [2.24, 2.45) is 0 Å². The fourth-order valence-corrected chi connectivity index (χ4v) is 12.4. The lowest BCUT2D eigenvalue weighted by Crippen LogP contribution is -2.56. The predicted molar refractivity (Wildman–Crippen MR) is 283 cm³/mol. The van der Waals surface area contributed by atoms with Gasteiger partial charge in [-0.05, 0) is 161 Å². The van der Waals surface area contributed by atoms with Crippen molar-refractivity contribution in [3.8, 4) is 0 Å². The number of allylic oxidation sites excluding steroid dienone is 2. The van der Waals surface area contributed by atoms with Crippen LogP contribution in [-0.4, -0.2) is 12.8 Å². The zero-order valence-corrected chi connectivity index (χ0v) is 43.7. The van der Waals surface area contributed by atoms with Gasteiger partial charge in [0.1, 0.15) is 0 Å². The Balaban J connectivity index is 1.52. The largest absolute Gasteiger partial charge is 0.356 e. The number of thiophene rings is 1. The topological polar surface area (TPSA) is 15.3 Å². The van der Waals surface area contributed by atoms with E-state index in [0.717, 1.165) is 30.6 Å². The molecule has 1 unspecified atom stereocenters. The van der Waals surface area contributed by atoms with E-state index in [9.17, 15) is 0 Å². The number of aryl methyl sites for hydroxylation is 1. The molecule has 1 N–H and O–H groups in total. The summed E-state index contributed by atoms with van der Waals surface area (Å²) in [5.41, 5.74) is 19.2. The molecule has 1 aliphatic heterocycles. The van der Waals surface area contributed by atoms with Crippen LogP contribution in [0.1, 0.15) is 189 Å². The molecular formula is C60H77BN2S. The SMILES string of the molecule is CC/C(C)=C/C(Nc1ccc(C(C)(C)C)cc1)=C1/B(c2cc(C(C)(C)C)ccc2C)c2sc3cc4c(cc3c2N(c2c#cc3c(c2)C(C)(C)CCC3(C)C)C1C)C(C)(C)CCC4(C)C. The molecule has 0 radical (unpaired) electrons. The van der Waals surface area contributed by atoms with Gasteiger partial charge in [0, 0.05) is 37.9 Å². The molecule has 2 heterocycles. The Morgan fingerprint density at radius 2 is 1.31 bits per heavy atom. The number of hydrogen-bond donors (Lipinski definition) is 1. The first kappa shape index (κ1) is 46.3. The molecule has 0 spiro atoms. The first-order valence-corrected chi connectivity index (χ1v) is 25.3. The van der Waals surface area contributed by atoms with Gasteiger partial charge in [-0.3, -0.25) is 0 Å². The van der Waals surface area contributed by atoms with Gasteiger partial charge in [0.05, 0.1) is 11.4 Å². The van der Waals surface area contributed by atoms with Crippen LogP contribution < -0.4 is 20.5 Å². The molecule has 3 aliphatic rings. The standard InChI is InChI=1S/C60H77BN2S/c1-19-37(2)32-50(62-42-24-22-40(23-25-42)55(5,6)7)52-39(4)63(43-26-27-45-46(34-43)58(13,14)29-28-57(45,11)12)53-44-35-47-48(60(17,18)31-30-59(47,15)16)36-51(44)64-54(53)61(52)49-33-41(56(8,9)10)21-20-38(49)3/h20-25,32-36,39,62H,19,28-31H2,1-18H3/b37-32+,52-50-. The molecule has 0 saturated carbocycles. The Kier molecular flexibility index (Phi) is 11.4. The third-order valence-electron chi connectivity index (χ3n) is 16.0. The van der Waals surface area contributed by atoms with E-state index in [1.807, 2.05) is 11.3 Å². The monoisotopic (exact) mass is 869 g/mol. The Labute approximate surface area is 393 Å². The van der Waals surface area contributed by atoms with Crippen molar-refractivity contribution in [3.63, 3.8) is 0 Å². The Hall–Kier alpha value is -4.20. The first-order chi connectivity index (χ1) is 29.6. The van der Waals surface area contributed by atoms with Crippen molar-refractivity contribution in [1.29, 1.82) is 0 Å². The van der Waals surface area contributed by atoms with E-state index in [2.05, 4.69) is 214 Å². The van der Waals surface area contributed by atoms with Gasteiger partial charge in [0.25, 0.3) is 6.71 Å². The van der Waals surface area contributed by atoms with Gasteiger partial charge in [0.15, 0.2) is 0 Å². The summed E-state index contributed by atoms with van der Waals surface area (Å²) in [6, 6.07) is 32.0. The second-order valence-electron chi connectivity index (χ2n) is 24.8. The maximum atomic E-state index is 4.13. The van der Waals surface area contributed by atoms with E-state index in [0.29, 0.717) is 0 Å². The van der Waals surface area contributed by atoms with Crippen LogP contribution in [-0.2, 0) is 32.5 Å². The molecule has 2 nitrogen and oxygen atoms in total. The zero-order valence-electron chi connectivity index (χ0n) is 42.9. The minimum atomic E-state index is -0.0202. The second kappa shape index (κ2) is 15.7. The molecule has 8 rings (SSSR count). The van der Waals surface area contributed by atoms with Crippen molar-refractivity contribution in [2.45, 2.75) is 195 Å². The summed E-state index contributed by atoms with van der Waals surface area (Å²) in [5.74, 6) is 0. The number of benzene rings is 3. The lowest BCUT2D eigenvalue weighted by Gasteiger charge is -2.44. The molecule has 0 saturated heterocycles. The fourth-order valence-electron chi connectivity index (χ4n) is 11.0. The lowest BCUT2D eigenvalue weighted by atomic mass is 9.35. The van der Waals surface area contributed by atoms with Gasteiger partial charge in [-0.1, -0.05) is 157 Å². The summed E-state index contributed by atoms with van der Waals surface area (Å²) in [6.07, 6.45) is 8.14. The maximum absolute atomic E-state index is 4.13. The molecule has 4 aromatic carbocycles. The van der Waals surface area contributed by atoms with Gasteiger partial charge in [-0.15, -0.1) is 11.3 Å². The van der Waals surface area contributed by atoms with Gasteiger partial charge in [0.2, 0.25) is 0 Å². The minimum Gasteiger partial charge on any atom is -0.356 e. The molecule has 1 aromatic heterocycles. The minimum absolute atomic E-state index is 0.000939. The molecule has 4 heteroatoms. The van der Waals surface area contributed by atoms with Crippen LogP contribution in [0.2, 0.25) is 0 Å². The van der Waals surface area contributed by atoms with Gasteiger partial charge in [-0.25, -0.2) is 0 Å². The summed E-state index contributed by atoms with van der Waals surface area (Å²) in [6.45, 7) is 43.0. The van der Waals surface area contributed by atoms with Crippen LogP contribution in [0, 0.1) is 19.1 Å². The van der Waals surface area contributed by atoms with E-state index < -0.39 is 0 Å². The summed E-state index contributed by atoms with van der Waals surface area (Å²) >= 11 is 2.04. The van der Waals surface area contributed by atoms with E-state index in [4.69, 9.17) is 0 Å². The molecule has 0 amide bonds. The summed E-state index contributed by atoms with van der Waals surface area (Å²) in [7, 11) is 0. The summed E-state index contributed by atoms with van der Waals surface area (Å²) in [5, 5.41) is 5.51. The van der Waals surface area contributed by atoms with Crippen molar-refractivity contribution < 1.29 is 0 Å². The van der Waals surface area contributed by atoms with Crippen molar-refractivity contribution in [3.05, 3.63) is 135 Å². The van der Waals surface area contributed by atoms with Crippen LogP contribution in [0.4, 0.5) is 17.1 Å². The second-order valence-corrected chi connectivity index (χ2v) is 25.9. The van der Waals surface area contributed by atoms with Gasteiger partial charge >= 0.3 is 0 Å². The average Bonchev–Trinajstić information content (AvgIpc) is 3.58. The normalized spacial score (nSPS) is 20.9. The van der Waals surface area contributed by atoms with E-state index in [-0.39, 0.29) is 45.2 Å². The Bertz CT molecular complexity index is 2680. The molecule has 0 bridgehead atoms. The van der Waals surface area contributed by atoms with Crippen LogP contribution in [0.25, 0.3) is 10.1 Å². The Morgan fingerprint density at radius 1 is 0.750 bits per heavy atom. The number of rotatable bonds is 6. The highest BCUT2D eigenvalue weighted by Crippen LogP contribution is 2.52. The lowest BCUT2D eigenvalue weighted by molar-refractivity contribution is 0.332. The van der Waals surface area contributed by atoms with Crippen LogP contribution >= 0.6 is 11.3 Å². The number of anilines is 3. The van der Waals surface area contributed by atoms with Gasteiger partial charge < -0.3 is 10.2 Å². The van der Waals surface area contributed by atoms with E-state index >= 15 is 0 Å². The summed E-state index contributed by atoms with van der Waals surface area (Å²) < 4.78 is 2.81. The highest BCUT2D eigenvalue weighted by Gasteiger charge is 2.46. The van der Waals surface area contributed by atoms with E-state index in [1.54, 1.807) is 0 Å². The smallest absolute Gasteiger partial charge is 0.257 e. The van der Waals surface area contributed by atoms with Crippen molar-refractivity contribution in [1.82, 2.24) is 0 Å². The molecule has 0 fully saturated rings. The number of nitrogens with zero attached hydrogens (tertiary/aromatic N) is 1. The molecule has 2 aliphatic carbocycles. The average molecular weight is 869 g/mol. The Morgan fingerprint density at radius 3 is 1.91 bits per heavy atom. The third-order valence-corrected chi connectivity index (χ3v) is 17.2. The highest BCUT2D eigenvalue weighted by molar-refractivity contribution is 7.32. The van der Waals surface area contributed by atoms with Crippen molar-refractivity contribution in [2.75, 3.05) is 10.2 Å². The van der Waals surface area contributed by atoms with Crippen LogP contribution in [0.3, 0.4) is 0 Å². The predicted octanol–water partition coefficient (Wildman–Crippen LogP) is 15.5.